The van der Waals surface area contributed by atoms with Gasteiger partial charge in [0.1, 0.15) is 5.75 Å². The Labute approximate surface area is 212 Å². The van der Waals surface area contributed by atoms with Gasteiger partial charge in [0.25, 0.3) is 0 Å². The summed E-state index contributed by atoms with van der Waals surface area (Å²) in [5.41, 5.74) is 1.74. The van der Waals surface area contributed by atoms with E-state index in [1.807, 2.05) is 37.3 Å². The lowest BCUT2D eigenvalue weighted by Gasteiger charge is -2.15. The van der Waals surface area contributed by atoms with Crippen LogP contribution in [0.3, 0.4) is 0 Å². The summed E-state index contributed by atoms with van der Waals surface area (Å²) in [4.78, 5) is 11.3. The van der Waals surface area contributed by atoms with Crippen molar-refractivity contribution in [1.29, 1.82) is 0 Å². The van der Waals surface area contributed by atoms with Crippen molar-refractivity contribution in [2.75, 3.05) is 6.61 Å². The molecule has 0 N–H and O–H groups in total. The fourth-order valence-electron chi connectivity index (χ4n) is 4.24. The average molecular weight is 484 g/mol. The molecule has 0 aliphatic rings. The first-order chi connectivity index (χ1) is 17.0. The number of nitro groups is 1. The zero-order valence-corrected chi connectivity index (χ0v) is 22.1. The van der Waals surface area contributed by atoms with Crippen molar-refractivity contribution in [2.24, 2.45) is 0 Å². The number of nitrogens with zero attached hydrogens (tertiary/aromatic N) is 1. The maximum absolute atomic E-state index is 11.7. The van der Waals surface area contributed by atoms with Crippen molar-refractivity contribution in [3.8, 4) is 22.6 Å². The van der Waals surface area contributed by atoms with Crippen molar-refractivity contribution in [3.63, 3.8) is 0 Å². The van der Waals surface area contributed by atoms with E-state index >= 15 is 0 Å². The Hall–Kier alpha value is -2.56. The van der Waals surface area contributed by atoms with Gasteiger partial charge in [0.2, 0.25) is 0 Å². The van der Waals surface area contributed by atoms with E-state index in [1.165, 1.54) is 64.2 Å². The molecule has 0 fully saturated rings. The Morgan fingerprint density at radius 1 is 0.771 bits per heavy atom. The summed E-state index contributed by atoms with van der Waals surface area (Å²) in [6.45, 7) is 7.14. The SMILES string of the molecule is CCCCCCCCCCOc1ccc(-c2ccc(OC(C)CCCCCC)c([N+](=O)[O-])c2)cc1. The zero-order valence-electron chi connectivity index (χ0n) is 22.1. The molecule has 0 saturated heterocycles. The highest BCUT2D eigenvalue weighted by molar-refractivity contribution is 5.69. The first kappa shape index (κ1) is 28.7. The fourth-order valence-corrected chi connectivity index (χ4v) is 4.24. The van der Waals surface area contributed by atoms with E-state index in [4.69, 9.17) is 9.47 Å². The Balaban J connectivity index is 1.85. The lowest BCUT2D eigenvalue weighted by Crippen LogP contribution is -2.12. The van der Waals surface area contributed by atoms with Crippen molar-refractivity contribution in [2.45, 2.75) is 110 Å². The van der Waals surface area contributed by atoms with E-state index in [-0.39, 0.29) is 16.7 Å². The van der Waals surface area contributed by atoms with Crippen LogP contribution >= 0.6 is 0 Å². The van der Waals surface area contributed by atoms with E-state index in [0.29, 0.717) is 5.75 Å². The minimum Gasteiger partial charge on any atom is -0.494 e. The van der Waals surface area contributed by atoms with Crippen LogP contribution in [0.5, 0.6) is 11.5 Å². The summed E-state index contributed by atoms with van der Waals surface area (Å²) in [7, 11) is 0. The standard InChI is InChI=1S/C30H45NO4/c1-4-6-8-10-11-12-13-15-23-34-28-20-17-26(18-21-28)27-19-22-30(29(24-27)31(32)33)35-25(3)16-14-9-7-5-2/h17-22,24-25H,4-16,23H2,1-3H3. The van der Waals surface area contributed by atoms with Gasteiger partial charge in [-0.15, -0.1) is 0 Å². The van der Waals surface area contributed by atoms with Crippen LogP contribution in [0.1, 0.15) is 104 Å². The number of nitro benzene ring substituents is 1. The quantitative estimate of drug-likeness (QED) is 0.113. The molecule has 0 aliphatic carbocycles. The molecule has 194 valence electrons. The molecule has 0 heterocycles. The smallest absolute Gasteiger partial charge is 0.311 e. The normalized spacial score (nSPS) is 11.9. The van der Waals surface area contributed by atoms with Crippen LogP contribution in [0.2, 0.25) is 0 Å². The molecule has 1 unspecified atom stereocenters. The van der Waals surface area contributed by atoms with Crippen LogP contribution in [0, 0.1) is 10.1 Å². The van der Waals surface area contributed by atoms with Gasteiger partial charge in [-0.25, -0.2) is 0 Å². The maximum Gasteiger partial charge on any atom is 0.311 e. The van der Waals surface area contributed by atoms with Crippen molar-refractivity contribution in [3.05, 3.63) is 52.6 Å². The van der Waals surface area contributed by atoms with Crippen LogP contribution in [0.25, 0.3) is 11.1 Å². The molecule has 2 aromatic carbocycles. The molecule has 35 heavy (non-hydrogen) atoms. The van der Waals surface area contributed by atoms with Gasteiger partial charge >= 0.3 is 5.69 Å². The molecule has 2 aromatic rings. The second-order valence-corrected chi connectivity index (χ2v) is 9.57. The van der Waals surface area contributed by atoms with Gasteiger partial charge in [0.15, 0.2) is 5.75 Å². The summed E-state index contributed by atoms with van der Waals surface area (Å²) >= 11 is 0. The summed E-state index contributed by atoms with van der Waals surface area (Å²) in [5.74, 6) is 1.18. The van der Waals surface area contributed by atoms with Gasteiger partial charge in [-0.05, 0) is 55.5 Å². The Morgan fingerprint density at radius 3 is 1.97 bits per heavy atom. The fraction of sp³-hybridized carbons (Fsp3) is 0.600. The molecule has 1 atom stereocenters. The molecule has 0 spiro atoms. The predicted molar refractivity (Wildman–Crippen MR) is 145 cm³/mol. The second-order valence-electron chi connectivity index (χ2n) is 9.57. The van der Waals surface area contributed by atoms with Gasteiger partial charge in [-0.3, -0.25) is 10.1 Å². The van der Waals surface area contributed by atoms with E-state index < -0.39 is 0 Å². The van der Waals surface area contributed by atoms with Crippen LogP contribution in [0.15, 0.2) is 42.5 Å². The summed E-state index contributed by atoms with van der Waals surface area (Å²) in [5, 5.41) is 11.7. The van der Waals surface area contributed by atoms with Crippen LogP contribution in [-0.4, -0.2) is 17.6 Å². The molecule has 2 rings (SSSR count). The zero-order chi connectivity index (χ0) is 25.3. The molecular formula is C30H45NO4. The number of hydrogen-bond donors (Lipinski definition) is 0. The molecule has 0 bridgehead atoms. The molecule has 0 radical (unpaired) electrons. The van der Waals surface area contributed by atoms with E-state index in [9.17, 15) is 10.1 Å². The van der Waals surface area contributed by atoms with Gasteiger partial charge in [0.05, 0.1) is 17.6 Å². The van der Waals surface area contributed by atoms with Crippen LogP contribution in [0.4, 0.5) is 5.69 Å². The van der Waals surface area contributed by atoms with Crippen LogP contribution < -0.4 is 9.47 Å². The van der Waals surface area contributed by atoms with Crippen molar-refractivity contribution in [1.82, 2.24) is 0 Å². The monoisotopic (exact) mass is 483 g/mol. The molecule has 5 nitrogen and oxygen atoms in total. The van der Waals surface area contributed by atoms with E-state index in [2.05, 4.69) is 13.8 Å². The summed E-state index contributed by atoms with van der Waals surface area (Å²) in [6.07, 6.45) is 15.7. The number of hydrogen-bond acceptors (Lipinski definition) is 4. The molecule has 0 aromatic heterocycles. The minimum absolute atomic E-state index is 0.0120. The third-order valence-electron chi connectivity index (χ3n) is 6.40. The number of ether oxygens (including phenoxy) is 2. The average Bonchev–Trinajstić information content (AvgIpc) is 2.86. The third kappa shape index (κ3) is 11.1. The van der Waals surface area contributed by atoms with Crippen LogP contribution in [-0.2, 0) is 0 Å². The highest BCUT2D eigenvalue weighted by atomic mass is 16.6. The third-order valence-corrected chi connectivity index (χ3v) is 6.40. The first-order valence-electron chi connectivity index (χ1n) is 13.7. The van der Waals surface area contributed by atoms with E-state index in [0.717, 1.165) is 42.7 Å². The van der Waals surface area contributed by atoms with Gasteiger partial charge in [0, 0.05) is 6.07 Å². The van der Waals surface area contributed by atoms with Crippen molar-refractivity contribution < 1.29 is 14.4 Å². The van der Waals surface area contributed by atoms with Gasteiger partial charge in [-0.2, -0.15) is 0 Å². The predicted octanol–water partition coefficient (Wildman–Crippen LogP) is 9.52. The van der Waals surface area contributed by atoms with Gasteiger partial charge < -0.3 is 9.47 Å². The molecule has 0 saturated carbocycles. The lowest BCUT2D eigenvalue weighted by atomic mass is 10.0. The maximum atomic E-state index is 11.7. The lowest BCUT2D eigenvalue weighted by molar-refractivity contribution is -0.386. The highest BCUT2D eigenvalue weighted by Crippen LogP contribution is 2.34. The Kier molecular flexibility index (Phi) is 13.9. The Morgan fingerprint density at radius 2 is 1.34 bits per heavy atom. The Bertz CT molecular complexity index is 850. The number of rotatable bonds is 19. The molecular weight excluding hydrogens is 438 g/mol. The summed E-state index contributed by atoms with van der Waals surface area (Å²) < 4.78 is 11.8. The highest BCUT2D eigenvalue weighted by Gasteiger charge is 2.18. The molecule has 5 heteroatoms. The second kappa shape index (κ2) is 17.0. The summed E-state index contributed by atoms with van der Waals surface area (Å²) in [6, 6.07) is 13.0. The topological polar surface area (TPSA) is 61.6 Å². The molecule has 0 amide bonds. The number of unbranched alkanes of at least 4 members (excludes halogenated alkanes) is 10. The van der Waals surface area contributed by atoms with Gasteiger partial charge in [-0.1, -0.05) is 96.3 Å². The molecule has 0 aliphatic heterocycles. The minimum atomic E-state index is -0.357. The van der Waals surface area contributed by atoms with Crippen molar-refractivity contribution >= 4 is 5.69 Å². The number of benzene rings is 2. The van der Waals surface area contributed by atoms with E-state index in [1.54, 1.807) is 12.1 Å². The first-order valence-corrected chi connectivity index (χ1v) is 13.7. The largest absolute Gasteiger partial charge is 0.494 e.